The minimum atomic E-state index is -3.77. The van der Waals surface area contributed by atoms with Crippen LogP contribution in [0.5, 0.6) is 0 Å². The van der Waals surface area contributed by atoms with E-state index in [0.29, 0.717) is 17.8 Å². The minimum Gasteiger partial charge on any atom is -0.308 e. The van der Waals surface area contributed by atoms with Gasteiger partial charge in [0.1, 0.15) is 0 Å². The number of carbonyl (C=O) groups is 1. The van der Waals surface area contributed by atoms with Gasteiger partial charge in [0.2, 0.25) is 0 Å². The Morgan fingerprint density at radius 1 is 0.903 bits per heavy atom. The highest BCUT2D eigenvalue weighted by atomic mass is 32.2. The Morgan fingerprint density at radius 2 is 1.68 bits per heavy atom. The summed E-state index contributed by atoms with van der Waals surface area (Å²) in [6.07, 6.45) is 3.89. The maximum Gasteiger partial charge on any atom is 0.261 e. The number of anilines is 2. The van der Waals surface area contributed by atoms with Crippen molar-refractivity contribution in [3.8, 4) is 0 Å². The first-order valence-corrected chi connectivity index (χ1v) is 11.4. The van der Waals surface area contributed by atoms with Crippen molar-refractivity contribution in [2.45, 2.75) is 11.3 Å². The van der Waals surface area contributed by atoms with E-state index in [1.165, 1.54) is 0 Å². The summed E-state index contributed by atoms with van der Waals surface area (Å²) in [5, 5.41) is 1.83. The van der Waals surface area contributed by atoms with Crippen molar-refractivity contribution in [2.24, 2.45) is 0 Å². The van der Waals surface area contributed by atoms with E-state index in [1.807, 2.05) is 30.3 Å². The van der Waals surface area contributed by atoms with Gasteiger partial charge in [-0.3, -0.25) is 14.5 Å². The molecule has 0 unspecified atom stereocenters. The van der Waals surface area contributed by atoms with Crippen LogP contribution in [0.2, 0.25) is 0 Å². The number of hydrogen-bond donors (Lipinski definition) is 1. The van der Waals surface area contributed by atoms with Gasteiger partial charge in [-0.2, -0.15) is 0 Å². The number of benzene rings is 3. The summed E-state index contributed by atoms with van der Waals surface area (Å²) in [5.74, 6) is -0.129. The summed E-state index contributed by atoms with van der Waals surface area (Å²) in [6.45, 7) is 0.553. The molecule has 0 atom stereocenters. The Balaban J connectivity index is 1.44. The van der Waals surface area contributed by atoms with Crippen LogP contribution in [0.3, 0.4) is 0 Å². The van der Waals surface area contributed by atoms with Gasteiger partial charge in [-0.05, 0) is 59.2 Å². The molecule has 4 aromatic rings. The number of pyridine rings is 1. The van der Waals surface area contributed by atoms with Gasteiger partial charge in [-0.25, -0.2) is 8.42 Å². The van der Waals surface area contributed by atoms with Gasteiger partial charge in [-0.15, -0.1) is 0 Å². The van der Waals surface area contributed by atoms with Crippen molar-refractivity contribution in [3.63, 3.8) is 0 Å². The Bertz CT molecular complexity index is 1400. The third kappa shape index (κ3) is 3.64. The Kier molecular flexibility index (Phi) is 4.67. The minimum absolute atomic E-state index is 0.129. The second-order valence-electron chi connectivity index (χ2n) is 7.40. The molecule has 3 aromatic carbocycles. The number of nitrogens with one attached hydrogen (secondary N) is 1. The molecule has 1 N–H and O–H groups in total. The molecule has 1 amide bonds. The van der Waals surface area contributed by atoms with E-state index in [0.717, 1.165) is 28.4 Å². The highest BCUT2D eigenvalue weighted by molar-refractivity contribution is 7.92. The van der Waals surface area contributed by atoms with Crippen molar-refractivity contribution in [1.82, 2.24) is 4.98 Å². The standard InChI is InChI=1S/C24H19N3O3S/c28-24(19-9-12-25-13-10-19)27-14-11-18-5-7-21(16-23(18)27)26-31(29,30)22-8-6-17-3-1-2-4-20(17)15-22/h1-10,12-13,15-16,26H,11,14H2. The van der Waals surface area contributed by atoms with Crippen molar-refractivity contribution >= 4 is 38.1 Å². The zero-order chi connectivity index (χ0) is 21.4. The molecule has 0 radical (unpaired) electrons. The Hall–Kier alpha value is -3.71. The number of aromatic nitrogens is 1. The smallest absolute Gasteiger partial charge is 0.261 e. The van der Waals surface area contributed by atoms with E-state index in [9.17, 15) is 13.2 Å². The monoisotopic (exact) mass is 429 g/mol. The van der Waals surface area contributed by atoms with Gasteiger partial charge in [0.25, 0.3) is 15.9 Å². The van der Waals surface area contributed by atoms with Crippen LogP contribution < -0.4 is 9.62 Å². The molecule has 7 heteroatoms. The lowest BCUT2D eigenvalue weighted by Crippen LogP contribution is -2.28. The maximum absolute atomic E-state index is 13.0. The lowest BCUT2D eigenvalue weighted by molar-refractivity contribution is 0.0989. The summed E-state index contributed by atoms with van der Waals surface area (Å²) in [4.78, 5) is 18.7. The van der Waals surface area contributed by atoms with Crippen LogP contribution in [0.15, 0.2) is 90.1 Å². The molecule has 1 aliphatic heterocycles. The number of carbonyl (C=O) groups excluding carboxylic acids is 1. The van der Waals surface area contributed by atoms with Crippen LogP contribution in [0.4, 0.5) is 11.4 Å². The van der Waals surface area contributed by atoms with E-state index in [2.05, 4.69) is 9.71 Å². The Morgan fingerprint density at radius 3 is 2.48 bits per heavy atom. The van der Waals surface area contributed by atoms with Crippen molar-refractivity contribution < 1.29 is 13.2 Å². The first kappa shape index (κ1) is 19.3. The molecule has 154 valence electrons. The summed E-state index contributed by atoms with van der Waals surface area (Å²) in [6, 6.07) is 21.3. The molecular formula is C24H19N3O3S. The van der Waals surface area contributed by atoms with E-state index in [4.69, 9.17) is 0 Å². The molecular weight excluding hydrogens is 410 g/mol. The van der Waals surface area contributed by atoms with Gasteiger partial charge in [0.05, 0.1) is 10.6 Å². The van der Waals surface area contributed by atoms with Crippen LogP contribution in [-0.4, -0.2) is 25.9 Å². The van der Waals surface area contributed by atoms with E-state index in [1.54, 1.807) is 59.8 Å². The molecule has 1 aromatic heterocycles. The first-order valence-electron chi connectivity index (χ1n) is 9.88. The summed E-state index contributed by atoms with van der Waals surface area (Å²) < 4.78 is 28.6. The fraction of sp³-hybridized carbons (Fsp3) is 0.0833. The second-order valence-corrected chi connectivity index (χ2v) is 9.08. The van der Waals surface area contributed by atoms with Crippen LogP contribution in [-0.2, 0) is 16.4 Å². The average molecular weight is 430 g/mol. The molecule has 0 spiro atoms. The topological polar surface area (TPSA) is 79.4 Å². The molecule has 6 nitrogen and oxygen atoms in total. The molecule has 0 bridgehead atoms. The molecule has 0 fully saturated rings. The van der Waals surface area contributed by atoms with Crippen LogP contribution in [0.1, 0.15) is 15.9 Å². The predicted molar refractivity (Wildman–Crippen MR) is 121 cm³/mol. The van der Waals surface area contributed by atoms with E-state index in [-0.39, 0.29) is 10.8 Å². The van der Waals surface area contributed by atoms with Crippen molar-refractivity contribution in [1.29, 1.82) is 0 Å². The van der Waals surface area contributed by atoms with Crippen LogP contribution in [0, 0.1) is 0 Å². The second kappa shape index (κ2) is 7.52. The van der Waals surface area contributed by atoms with Gasteiger partial charge < -0.3 is 4.90 Å². The van der Waals surface area contributed by atoms with Crippen LogP contribution >= 0.6 is 0 Å². The quantitative estimate of drug-likeness (QED) is 0.526. The normalized spacial score (nSPS) is 13.2. The summed E-state index contributed by atoms with van der Waals surface area (Å²) in [7, 11) is -3.77. The first-order chi connectivity index (χ1) is 15.0. The predicted octanol–water partition coefficient (Wildman–Crippen LogP) is 4.24. The number of hydrogen-bond acceptors (Lipinski definition) is 4. The third-order valence-electron chi connectivity index (χ3n) is 5.44. The largest absolute Gasteiger partial charge is 0.308 e. The van der Waals surface area contributed by atoms with E-state index < -0.39 is 10.0 Å². The van der Waals surface area contributed by atoms with E-state index >= 15 is 0 Å². The average Bonchev–Trinajstić information content (AvgIpc) is 3.22. The number of nitrogens with zero attached hydrogens (tertiary/aromatic N) is 2. The van der Waals surface area contributed by atoms with Gasteiger partial charge in [0.15, 0.2) is 0 Å². The number of rotatable bonds is 4. The maximum atomic E-state index is 13.0. The SMILES string of the molecule is O=C(c1ccncc1)N1CCc2ccc(NS(=O)(=O)c3ccc4ccccc4c3)cc21. The lowest BCUT2D eigenvalue weighted by atomic mass is 10.1. The molecule has 1 aliphatic rings. The Labute approximate surface area is 180 Å². The highest BCUT2D eigenvalue weighted by Crippen LogP contribution is 2.33. The molecule has 0 aliphatic carbocycles. The zero-order valence-corrected chi connectivity index (χ0v) is 17.3. The van der Waals surface area contributed by atoms with Crippen molar-refractivity contribution in [3.05, 3.63) is 96.3 Å². The van der Waals surface area contributed by atoms with Crippen LogP contribution in [0.25, 0.3) is 10.8 Å². The number of fused-ring (bicyclic) bond motifs is 2. The fourth-order valence-electron chi connectivity index (χ4n) is 3.85. The molecule has 0 saturated carbocycles. The third-order valence-corrected chi connectivity index (χ3v) is 6.82. The fourth-order valence-corrected chi connectivity index (χ4v) is 4.94. The summed E-state index contributed by atoms with van der Waals surface area (Å²) in [5.41, 5.74) is 2.70. The lowest BCUT2D eigenvalue weighted by Gasteiger charge is -2.18. The number of sulfonamides is 1. The molecule has 0 saturated heterocycles. The number of amides is 1. The van der Waals surface area contributed by atoms with Crippen molar-refractivity contribution in [2.75, 3.05) is 16.2 Å². The van der Waals surface area contributed by atoms with Gasteiger partial charge in [-0.1, -0.05) is 36.4 Å². The molecule has 5 rings (SSSR count). The van der Waals surface area contributed by atoms with Gasteiger partial charge in [0, 0.05) is 30.2 Å². The zero-order valence-electron chi connectivity index (χ0n) is 16.5. The van der Waals surface area contributed by atoms with Gasteiger partial charge >= 0.3 is 0 Å². The summed E-state index contributed by atoms with van der Waals surface area (Å²) >= 11 is 0. The highest BCUT2D eigenvalue weighted by Gasteiger charge is 2.26. The molecule has 2 heterocycles. The molecule has 31 heavy (non-hydrogen) atoms.